The topological polar surface area (TPSA) is 32.5 Å². The summed E-state index contributed by atoms with van der Waals surface area (Å²) in [6.45, 7) is 5.44. The van der Waals surface area contributed by atoms with E-state index in [0.29, 0.717) is 21.8 Å². The Kier molecular flexibility index (Phi) is 4.82. The van der Waals surface area contributed by atoms with Crippen LogP contribution >= 0.6 is 23.2 Å². The molecular weight excluding hydrogens is 281 g/mol. The fourth-order valence-electron chi connectivity index (χ4n) is 2.88. The second-order valence-electron chi connectivity index (χ2n) is 5.14. The highest BCUT2D eigenvalue weighted by Gasteiger charge is 2.25. The molecule has 1 fully saturated rings. The first kappa shape index (κ1) is 14.8. The van der Waals surface area contributed by atoms with Gasteiger partial charge < -0.3 is 10.6 Å². The molecule has 1 heterocycles. The van der Waals surface area contributed by atoms with E-state index in [1.807, 2.05) is 7.05 Å². The second-order valence-corrected chi connectivity index (χ2v) is 5.95. The SMILES string of the molecule is CCN1CCCC1CN(C)c1c(Cl)cc(N)cc1Cl. The maximum Gasteiger partial charge on any atom is 0.0744 e. The van der Waals surface area contributed by atoms with Crippen LogP contribution in [-0.4, -0.2) is 37.6 Å². The number of hydrogen-bond donors (Lipinski definition) is 1. The highest BCUT2D eigenvalue weighted by Crippen LogP contribution is 2.36. The van der Waals surface area contributed by atoms with Crippen molar-refractivity contribution >= 4 is 34.6 Å². The Bertz CT molecular complexity index is 427. The summed E-state index contributed by atoms with van der Waals surface area (Å²) in [6.07, 6.45) is 2.51. The highest BCUT2D eigenvalue weighted by atomic mass is 35.5. The first-order valence-corrected chi connectivity index (χ1v) is 7.48. The molecule has 0 saturated carbocycles. The summed E-state index contributed by atoms with van der Waals surface area (Å²) >= 11 is 12.5. The van der Waals surface area contributed by atoms with Crippen molar-refractivity contribution in [1.29, 1.82) is 0 Å². The van der Waals surface area contributed by atoms with Gasteiger partial charge in [0.05, 0.1) is 15.7 Å². The number of halogens is 2. The van der Waals surface area contributed by atoms with Gasteiger partial charge in [-0.2, -0.15) is 0 Å². The summed E-state index contributed by atoms with van der Waals surface area (Å²) in [5.41, 5.74) is 7.22. The van der Waals surface area contributed by atoms with Gasteiger partial charge in [-0.3, -0.25) is 4.90 Å². The van der Waals surface area contributed by atoms with E-state index in [1.165, 1.54) is 19.4 Å². The average Bonchev–Trinajstić information content (AvgIpc) is 2.74. The van der Waals surface area contributed by atoms with Gasteiger partial charge in [-0.05, 0) is 38.1 Å². The lowest BCUT2D eigenvalue weighted by Gasteiger charge is -2.30. The first-order valence-electron chi connectivity index (χ1n) is 6.72. The van der Waals surface area contributed by atoms with E-state index in [1.54, 1.807) is 12.1 Å². The quantitative estimate of drug-likeness (QED) is 0.864. The predicted octanol–water partition coefficient (Wildman–Crippen LogP) is 3.50. The lowest BCUT2D eigenvalue weighted by molar-refractivity contribution is 0.270. The summed E-state index contributed by atoms with van der Waals surface area (Å²) in [5.74, 6) is 0. The zero-order valence-corrected chi connectivity index (χ0v) is 13.0. The highest BCUT2D eigenvalue weighted by molar-refractivity contribution is 6.39. The fraction of sp³-hybridized carbons (Fsp3) is 0.571. The van der Waals surface area contributed by atoms with Gasteiger partial charge in [0.1, 0.15) is 0 Å². The monoisotopic (exact) mass is 301 g/mol. The van der Waals surface area contributed by atoms with Crippen LogP contribution in [0.15, 0.2) is 12.1 Å². The first-order chi connectivity index (χ1) is 9.02. The van der Waals surface area contributed by atoms with Crippen molar-refractivity contribution in [2.24, 2.45) is 0 Å². The lowest BCUT2D eigenvalue weighted by Crippen LogP contribution is -2.38. The van der Waals surface area contributed by atoms with Gasteiger partial charge in [-0.15, -0.1) is 0 Å². The van der Waals surface area contributed by atoms with E-state index in [9.17, 15) is 0 Å². The molecule has 0 aliphatic carbocycles. The average molecular weight is 302 g/mol. The molecule has 19 heavy (non-hydrogen) atoms. The number of nitrogens with zero attached hydrogens (tertiary/aromatic N) is 2. The third-order valence-electron chi connectivity index (χ3n) is 3.81. The molecule has 0 radical (unpaired) electrons. The van der Waals surface area contributed by atoms with Gasteiger partial charge in [0.15, 0.2) is 0 Å². The van der Waals surface area contributed by atoms with Crippen molar-refractivity contribution in [1.82, 2.24) is 4.90 Å². The molecule has 1 atom stereocenters. The largest absolute Gasteiger partial charge is 0.399 e. The lowest BCUT2D eigenvalue weighted by atomic mass is 10.2. The zero-order valence-electron chi connectivity index (χ0n) is 11.5. The molecular formula is C14H21Cl2N3. The molecule has 5 heteroatoms. The van der Waals surface area contributed by atoms with Crippen molar-refractivity contribution in [2.75, 3.05) is 37.3 Å². The van der Waals surface area contributed by atoms with Crippen LogP contribution < -0.4 is 10.6 Å². The maximum atomic E-state index is 6.27. The number of anilines is 2. The summed E-state index contributed by atoms with van der Waals surface area (Å²) in [6, 6.07) is 4.09. The van der Waals surface area contributed by atoms with Crippen LogP contribution in [0.4, 0.5) is 11.4 Å². The summed E-state index contributed by atoms with van der Waals surface area (Å²) in [5, 5.41) is 1.24. The zero-order chi connectivity index (χ0) is 14.0. The molecule has 0 amide bonds. The maximum absolute atomic E-state index is 6.27. The van der Waals surface area contributed by atoms with E-state index >= 15 is 0 Å². The van der Waals surface area contributed by atoms with Crippen LogP contribution in [0, 0.1) is 0 Å². The summed E-state index contributed by atoms with van der Waals surface area (Å²) < 4.78 is 0. The van der Waals surface area contributed by atoms with E-state index in [-0.39, 0.29) is 0 Å². The van der Waals surface area contributed by atoms with Gasteiger partial charge in [-0.25, -0.2) is 0 Å². The van der Waals surface area contributed by atoms with Crippen LogP contribution in [0.1, 0.15) is 19.8 Å². The normalized spacial score (nSPS) is 19.9. The molecule has 1 aliphatic heterocycles. The molecule has 1 saturated heterocycles. The minimum Gasteiger partial charge on any atom is -0.399 e. The van der Waals surface area contributed by atoms with Crippen molar-refractivity contribution in [3.8, 4) is 0 Å². The smallest absolute Gasteiger partial charge is 0.0744 e. The number of hydrogen-bond acceptors (Lipinski definition) is 3. The number of rotatable bonds is 4. The van der Waals surface area contributed by atoms with Gasteiger partial charge >= 0.3 is 0 Å². The Morgan fingerprint density at radius 1 is 1.37 bits per heavy atom. The van der Waals surface area contributed by atoms with Crippen molar-refractivity contribution in [3.05, 3.63) is 22.2 Å². The number of nitrogens with two attached hydrogens (primary N) is 1. The Labute approximate surface area is 125 Å². The third-order valence-corrected chi connectivity index (χ3v) is 4.39. The van der Waals surface area contributed by atoms with Crippen LogP contribution in [0.3, 0.4) is 0 Å². The van der Waals surface area contributed by atoms with E-state index in [0.717, 1.165) is 18.8 Å². The Balaban J connectivity index is 2.14. The van der Waals surface area contributed by atoms with Crippen LogP contribution in [0.2, 0.25) is 10.0 Å². The van der Waals surface area contributed by atoms with Gasteiger partial charge in [-0.1, -0.05) is 30.1 Å². The number of likely N-dealkylation sites (N-methyl/N-ethyl adjacent to an activating group) is 2. The van der Waals surface area contributed by atoms with Gasteiger partial charge in [0.2, 0.25) is 0 Å². The van der Waals surface area contributed by atoms with E-state index in [2.05, 4.69) is 16.7 Å². The molecule has 1 aromatic carbocycles. The van der Waals surface area contributed by atoms with Crippen molar-refractivity contribution in [2.45, 2.75) is 25.8 Å². The number of likely N-dealkylation sites (tertiary alicyclic amines) is 1. The van der Waals surface area contributed by atoms with E-state index in [4.69, 9.17) is 28.9 Å². The Morgan fingerprint density at radius 3 is 2.58 bits per heavy atom. The van der Waals surface area contributed by atoms with Crippen LogP contribution in [0.5, 0.6) is 0 Å². The molecule has 1 aromatic rings. The second kappa shape index (κ2) is 6.21. The minimum atomic E-state index is 0.583. The Hall–Kier alpha value is -0.640. The Morgan fingerprint density at radius 2 is 2.00 bits per heavy atom. The molecule has 1 unspecified atom stereocenters. The molecule has 3 nitrogen and oxygen atoms in total. The summed E-state index contributed by atoms with van der Waals surface area (Å²) in [7, 11) is 2.04. The molecule has 0 bridgehead atoms. The number of nitrogen functional groups attached to an aromatic ring is 1. The van der Waals surface area contributed by atoms with Gasteiger partial charge in [0.25, 0.3) is 0 Å². The summed E-state index contributed by atoms with van der Waals surface area (Å²) in [4.78, 5) is 4.65. The van der Waals surface area contributed by atoms with Crippen molar-refractivity contribution in [3.63, 3.8) is 0 Å². The minimum absolute atomic E-state index is 0.583. The molecule has 106 valence electrons. The third kappa shape index (κ3) is 3.28. The van der Waals surface area contributed by atoms with Crippen LogP contribution in [-0.2, 0) is 0 Å². The van der Waals surface area contributed by atoms with E-state index < -0.39 is 0 Å². The fourth-order valence-corrected chi connectivity index (χ4v) is 3.67. The molecule has 0 spiro atoms. The molecule has 1 aliphatic rings. The standard InChI is InChI=1S/C14H21Cl2N3/c1-3-19-6-4-5-11(19)9-18(2)14-12(15)7-10(17)8-13(14)16/h7-8,11H,3-6,9,17H2,1-2H3. The number of benzene rings is 1. The van der Waals surface area contributed by atoms with Crippen LogP contribution in [0.25, 0.3) is 0 Å². The van der Waals surface area contributed by atoms with Gasteiger partial charge in [0, 0.05) is 25.3 Å². The predicted molar refractivity (Wildman–Crippen MR) is 84.4 cm³/mol. The molecule has 2 N–H and O–H groups in total. The molecule has 0 aromatic heterocycles. The van der Waals surface area contributed by atoms with Crippen molar-refractivity contribution < 1.29 is 0 Å². The molecule has 2 rings (SSSR count).